The van der Waals surface area contributed by atoms with Gasteiger partial charge in [0, 0.05) is 5.69 Å². The SMILES string of the molecule is COc1ccc(NC(=O)c2nnc(CNC(=O)c3cccs3)s2)cc1. The van der Waals surface area contributed by atoms with Crippen molar-refractivity contribution in [3.05, 3.63) is 56.7 Å². The first-order valence-electron chi connectivity index (χ1n) is 7.25. The number of aromatic nitrogens is 2. The van der Waals surface area contributed by atoms with Crippen molar-refractivity contribution in [2.24, 2.45) is 0 Å². The molecule has 0 aliphatic carbocycles. The molecule has 7 nitrogen and oxygen atoms in total. The van der Waals surface area contributed by atoms with Crippen LogP contribution in [0.2, 0.25) is 0 Å². The van der Waals surface area contributed by atoms with Gasteiger partial charge in [-0.15, -0.1) is 21.5 Å². The summed E-state index contributed by atoms with van der Waals surface area (Å²) in [4.78, 5) is 24.7. The standard InChI is InChI=1S/C16H14N4O3S2/c1-23-11-6-4-10(5-7-11)18-15(22)16-20-19-13(25-16)9-17-14(21)12-3-2-8-24-12/h2-8H,9H2,1H3,(H,17,21)(H,18,22). The smallest absolute Gasteiger partial charge is 0.286 e. The molecule has 2 N–H and O–H groups in total. The second-order valence-corrected chi connectivity index (χ2v) is 6.85. The van der Waals surface area contributed by atoms with E-state index in [-0.39, 0.29) is 23.4 Å². The highest BCUT2D eigenvalue weighted by Gasteiger charge is 2.14. The Morgan fingerprint density at radius 3 is 2.60 bits per heavy atom. The lowest BCUT2D eigenvalue weighted by Gasteiger charge is -2.04. The van der Waals surface area contributed by atoms with E-state index in [1.165, 1.54) is 11.3 Å². The number of carbonyl (C=O) groups excluding carboxylic acids is 2. The number of benzene rings is 1. The highest BCUT2D eigenvalue weighted by Crippen LogP contribution is 2.17. The Balaban J connectivity index is 1.56. The van der Waals surface area contributed by atoms with Crippen LogP contribution in [0.4, 0.5) is 5.69 Å². The van der Waals surface area contributed by atoms with Crippen molar-refractivity contribution in [1.82, 2.24) is 15.5 Å². The number of methoxy groups -OCH3 is 1. The topological polar surface area (TPSA) is 93.2 Å². The van der Waals surface area contributed by atoms with Gasteiger partial charge in [-0.3, -0.25) is 9.59 Å². The van der Waals surface area contributed by atoms with Gasteiger partial charge in [0.15, 0.2) is 0 Å². The monoisotopic (exact) mass is 374 g/mol. The summed E-state index contributed by atoms with van der Waals surface area (Å²) in [5, 5.41) is 15.9. The Morgan fingerprint density at radius 2 is 1.92 bits per heavy atom. The number of thiophene rings is 1. The zero-order valence-corrected chi connectivity index (χ0v) is 14.8. The molecule has 128 valence electrons. The predicted octanol–water partition coefficient (Wildman–Crippen LogP) is 2.79. The molecule has 0 fully saturated rings. The average molecular weight is 374 g/mol. The Labute approximate surface area is 151 Å². The van der Waals surface area contributed by atoms with Crippen molar-refractivity contribution in [1.29, 1.82) is 0 Å². The summed E-state index contributed by atoms with van der Waals surface area (Å²) in [6, 6.07) is 10.5. The molecular formula is C16H14N4O3S2. The van der Waals surface area contributed by atoms with Gasteiger partial charge in [0.05, 0.1) is 18.5 Å². The minimum atomic E-state index is -0.349. The van der Waals surface area contributed by atoms with Crippen molar-refractivity contribution >= 4 is 40.2 Å². The molecule has 0 atom stereocenters. The number of carbonyl (C=O) groups is 2. The summed E-state index contributed by atoms with van der Waals surface area (Å²) in [5.74, 6) is 0.186. The van der Waals surface area contributed by atoms with E-state index < -0.39 is 0 Å². The molecule has 2 aromatic heterocycles. The van der Waals surface area contributed by atoms with Crippen LogP contribution >= 0.6 is 22.7 Å². The molecule has 2 amide bonds. The Morgan fingerprint density at radius 1 is 1.12 bits per heavy atom. The summed E-state index contributed by atoms with van der Waals surface area (Å²) in [5.41, 5.74) is 0.633. The molecule has 3 rings (SSSR count). The summed E-state index contributed by atoms with van der Waals surface area (Å²) in [7, 11) is 1.58. The van der Waals surface area contributed by atoms with Crippen LogP contribution in [-0.2, 0) is 6.54 Å². The second kappa shape index (κ2) is 7.86. The molecule has 0 aliphatic heterocycles. The zero-order valence-electron chi connectivity index (χ0n) is 13.2. The van der Waals surface area contributed by atoms with Crippen LogP contribution in [0.15, 0.2) is 41.8 Å². The van der Waals surface area contributed by atoms with Gasteiger partial charge in [-0.25, -0.2) is 0 Å². The van der Waals surface area contributed by atoms with Gasteiger partial charge in [0.2, 0.25) is 5.01 Å². The van der Waals surface area contributed by atoms with Crippen LogP contribution in [0.5, 0.6) is 5.75 Å². The lowest BCUT2D eigenvalue weighted by atomic mass is 10.3. The van der Waals surface area contributed by atoms with Crippen molar-refractivity contribution in [2.45, 2.75) is 6.54 Å². The molecule has 9 heteroatoms. The van der Waals surface area contributed by atoms with Gasteiger partial charge in [0.25, 0.3) is 11.8 Å². The van der Waals surface area contributed by atoms with Gasteiger partial charge in [-0.2, -0.15) is 0 Å². The largest absolute Gasteiger partial charge is 0.497 e. The fourth-order valence-corrected chi connectivity index (χ4v) is 3.24. The third kappa shape index (κ3) is 4.40. The third-order valence-electron chi connectivity index (χ3n) is 3.15. The van der Waals surface area contributed by atoms with Gasteiger partial charge >= 0.3 is 0 Å². The van der Waals surface area contributed by atoms with E-state index in [4.69, 9.17) is 4.74 Å². The second-order valence-electron chi connectivity index (χ2n) is 4.84. The number of nitrogens with one attached hydrogen (secondary N) is 2. The van der Waals surface area contributed by atoms with Crippen molar-refractivity contribution < 1.29 is 14.3 Å². The molecule has 3 aromatic rings. The Hall–Kier alpha value is -2.78. The van der Waals surface area contributed by atoms with E-state index in [2.05, 4.69) is 20.8 Å². The van der Waals surface area contributed by atoms with Crippen molar-refractivity contribution in [2.75, 3.05) is 12.4 Å². The molecule has 0 radical (unpaired) electrons. The summed E-state index contributed by atoms with van der Waals surface area (Å²) < 4.78 is 5.07. The molecule has 0 spiro atoms. The molecule has 0 saturated heterocycles. The molecule has 0 aliphatic rings. The molecule has 0 bridgehead atoms. The molecule has 0 saturated carbocycles. The average Bonchev–Trinajstić information content (AvgIpc) is 3.32. The van der Waals surface area contributed by atoms with Gasteiger partial charge in [-0.1, -0.05) is 17.4 Å². The maximum Gasteiger partial charge on any atom is 0.286 e. The van der Waals surface area contributed by atoms with Gasteiger partial charge < -0.3 is 15.4 Å². The Kier molecular flexibility index (Phi) is 5.36. The summed E-state index contributed by atoms with van der Waals surface area (Å²) in [6.07, 6.45) is 0. The highest BCUT2D eigenvalue weighted by atomic mass is 32.1. The molecule has 0 unspecified atom stereocenters. The number of amides is 2. The molecule has 2 heterocycles. The Bertz CT molecular complexity index is 860. The van der Waals surface area contributed by atoms with E-state index in [9.17, 15) is 9.59 Å². The van der Waals surface area contributed by atoms with Crippen LogP contribution in [-0.4, -0.2) is 29.1 Å². The van der Waals surface area contributed by atoms with Crippen molar-refractivity contribution in [3.8, 4) is 5.75 Å². The fourth-order valence-electron chi connectivity index (χ4n) is 1.93. The number of hydrogen-bond donors (Lipinski definition) is 2. The molecular weight excluding hydrogens is 360 g/mol. The normalized spacial score (nSPS) is 10.3. The predicted molar refractivity (Wildman–Crippen MR) is 96.3 cm³/mol. The van der Waals surface area contributed by atoms with E-state index in [0.29, 0.717) is 21.3 Å². The van der Waals surface area contributed by atoms with Gasteiger partial charge in [-0.05, 0) is 35.7 Å². The first kappa shape index (κ1) is 17.1. The quantitative estimate of drug-likeness (QED) is 0.692. The van der Waals surface area contributed by atoms with E-state index in [1.54, 1.807) is 37.4 Å². The van der Waals surface area contributed by atoms with E-state index in [1.807, 2.05) is 11.4 Å². The summed E-state index contributed by atoms with van der Waals surface area (Å²) >= 11 is 2.50. The zero-order chi connectivity index (χ0) is 17.6. The fraction of sp³-hybridized carbons (Fsp3) is 0.125. The lowest BCUT2D eigenvalue weighted by molar-refractivity contribution is 0.0954. The van der Waals surface area contributed by atoms with Gasteiger partial charge in [0.1, 0.15) is 10.8 Å². The number of hydrogen-bond acceptors (Lipinski definition) is 7. The summed E-state index contributed by atoms with van der Waals surface area (Å²) in [6.45, 7) is 0.226. The molecule has 25 heavy (non-hydrogen) atoms. The van der Waals surface area contributed by atoms with Crippen LogP contribution < -0.4 is 15.4 Å². The van der Waals surface area contributed by atoms with E-state index >= 15 is 0 Å². The number of rotatable bonds is 6. The third-order valence-corrected chi connectivity index (χ3v) is 4.94. The van der Waals surface area contributed by atoms with Crippen molar-refractivity contribution in [3.63, 3.8) is 0 Å². The number of anilines is 1. The lowest BCUT2D eigenvalue weighted by Crippen LogP contribution is -2.21. The van der Waals surface area contributed by atoms with Crippen LogP contribution in [0, 0.1) is 0 Å². The van der Waals surface area contributed by atoms with Crippen LogP contribution in [0.3, 0.4) is 0 Å². The van der Waals surface area contributed by atoms with Crippen LogP contribution in [0.25, 0.3) is 0 Å². The van der Waals surface area contributed by atoms with Crippen LogP contribution in [0.1, 0.15) is 24.5 Å². The highest BCUT2D eigenvalue weighted by molar-refractivity contribution is 7.13. The minimum absolute atomic E-state index is 0.172. The maximum absolute atomic E-state index is 12.2. The molecule has 1 aromatic carbocycles. The maximum atomic E-state index is 12.2. The van der Waals surface area contributed by atoms with E-state index in [0.717, 1.165) is 11.3 Å². The first-order chi connectivity index (χ1) is 12.2. The minimum Gasteiger partial charge on any atom is -0.497 e. The number of ether oxygens (including phenoxy) is 1. The first-order valence-corrected chi connectivity index (χ1v) is 8.95. The number of nitrogens with zero attached hydrogens (tertiary/aromatic N) is 2.